The Hall–Kier alpha value is -1.85. The highest BCUT2D eigenvalue weighted by atomic mass is 19.1. The third kappa shape index (κ3) is 2.77. The number of aromatic nitrogens is 4. The summed E-state index contributed by atoms with van der Waals surface area (Å²) in [5.74, 6) is 0. The van der Waals surface area contributed by atoms with Gasteiger partial charge in [-0.1, -0.05) is 0 Å². The van der Waals surface area contributed by atoms with Crippen molar-refractivity contribution in [2.24, 2.45) is 0 Å². The van der Waals surface area contributed by atoms with Gasteiger partial charge in [0.2, 0.25) is 0 Å². The van der Waals surface area contributed by atoms with E-state index in [0.717, 1.165) is 17.9 Å². The molecule has 2 rings (SSSR count). The molecule has 0 bridgehead atoms. The molecule has 0 unspecified atom stereocenters. The van der Waals surface area contributed by atoms with Crippen molar-refractivity contribution in [2.45, 2.75) is 40.4 Å². The Morgan fingerprint density at radius 3 is 2.63 bits per heavy atom. The molecule has 5 nitrogen and oxygen atoms in total. The summed E-state index contributed by atoms with van der Waals surface area (Å²) in [6.45, 7) is 7.51. The molecular formula is C13H20FN5. The lowest BCUT2D eigenvalue weighted by atomic mass is 10.2. The van der Waals surface area contributed by atoms with Crippen molar-refractivity contribution in [2.75, 3.05) is 12.0 Å². The van der Waals surface area contributed by atoms with Gasteiger partial charge in [0.1, 0.15) is 6.67 Å². The largest absolute Gasteiger partial charge is 0.377 e. The van der Waals surface area contributed by atoms with E-state index in [1.807, 2.05) is 17.8 Å². The quantitative estimate of drug-likeness (QED) is 0.871. The first-order chi connectivity index (χ1) is 9.17. The van der Waals surface area contributed by atoms with Crippen molar-refractivity contribution in [3.05, 3.63) is 29.3 Å². The van der Waals surface area contributed by atoms with Crippen molar-refractivity contribution < 1.29 is 4.39 Å². The van der Waals surface area contributed by atoms with Crippen molar-refractivity contribution in [3.8, 4) is 0 Å². The zero-order chi connectivity index (χ0) is 13.8. The van der Waals surface area contributed by atoms with Gasteiger partial charge in [-0.25, -0.2) is 4.39 Å². The molecular weight excluding hydrogens is 245 g/mol. The molecule has 2 aromatic heterocycles. The van der Waals surface area contributed by atoms with E-state index in [9.17, 15) is 4.39 Å². The summed E-state index contributed by atoms with van der Waals surface area (Å²) < 4.78 is 16.0. The Labute approximate surface area is 112 Å². The minimum Gasteiger partial charge on any atom is -0.377 e. The van der Waals surface area contributed by atoms with Gasteiger partial charge in [-0.05, 0) is 26.3 Å². The van der Waals surface area contributed by atoms with Crippen LogP contribution in [0.15, 0.2) is 12.4 Å². The molecule has 0 aromatic carbocycles. The highest BCUT2D eigenvalue weighted by molar-refractivity contribution is 5.46. The minimum atomic E-state index is -0.399. The summed E-state index contributed by atoms with van der Waals surface area (Å²) in [6, 6.07) is 0. The van der Waals surface area contributed by atoms with Crippen molar-refractivity contribution >= 4 is 5.69 Å². The standard InChI is InChI=1S/C13H20FN5/c1-4-18-13(10(2)7-16-18)9-15-12-8-17-19(6-5-14)11(12)3/h7-8,15H,4-6,9H2,1-3H3. The van der Waals surface area contributed by atoms with Crippen LogP contribution in [0, 0.1) is 13.8 Å². The second-order valence-electron chi connectivity index (χ2n) is 4.50. The second-order valence-corrected chi connectivity index (χ2v) is 4.50. The molecule has 0 aliphatic heterocycles. The smallest absolute Gasteiger partial charge is 0.109 e. The van der Waals surface area contributed by atoms with E-state index in [1.54, 1.807) is 10.9 Å². The Balaban J connectivity index is 2.08. The second kappa shape index (κ2) is 5.86. The van der Waals surface area contributed by atoms with Crippen LogP contribution in [-0.2, 0) is 19.6 Å². The summed E-state index contributed by atoms with van der Waals surface area (Å²) in [6.07, 6.45) is 3.62. The fraction of sp³-hybridized carbons (Fsp3) is 0.538. The molecule has 19 heavy (non-hydrogen) atoms. The number of anilines is 1. The molecule has 2 aromatic rings. The van der Waals surface area contributed by atoms with Crippen molar-refractivity contribution in [1.29, 1.82) is 0 Å². The molecule has 0 radical (unpaired) electrons. The van der Waals surface area contributed by atoms with E-state index in [1.165, 1.54) is 11.3 Å². The van der Waals surface area contributed by atoms with Gasteiger partial charge < -0.3 is 5.32 Å². The predicted octanol–water partition coefficient (Wildman–Crippen LogP) is 2.30. The number of hydrogen-bond acceptors (Lipinski definition) is 3. The number of aryl methyl sites for hydroxylation is 3. The molecule has 104 valence electrons. The Morgan fingerprint density at radius 2 is 1.95 bits per heavy atom. The molecule has 0 aliphatic carbocycles. The average molecular weight is 265 g/mol. The van der Waals surface area contributed by atoms with Gasteiger partial charge in [-0.2, -0.15) is 10.2 Å². The number of nitrogens with zero attached hydrogens (tertiary/aromatic N) is 4. The molecule has 0 atom stereocenters. The molecule has 0 saturated heterocycles. The molecule has 2 heterocycles. The molecule has 0 spiro atoms. The highest BCUT2D eigenvalue weighted by Gasteiger charge is 2.09. The zero-order valence-electron chi connectivity index (χ0n) is 11.6. The van der Waals surface area contributed by atoms with Gasteiger partial charge in [0.05, 0.1) is 42.6 Å². The van der Waals surface area contributed by atoms with Crippen LogP contribution < -0.4 is 5.32 Å². The monoisotopic (exact) mass is 265 g/mol. The first-order valence-electron chi connectivity index (χ1n) is 6.50. The van der Waals surface area contributed by atoms with Crippen LogP contribution in [0.1, 0.15) is 23.9 Å². The highest BCUT2D eigenvalue weighted by Crippen LogP contribution is 2.16. The topological polar surface area (TPSA) is 47.7 Å². The Kier molecular flexibility index (Phi) is 4.19. The van der Waals surface area contributed by atoms with Gasteiger partial charge in [0, 0.05) is 6.54 Å². The minimum absolute atomic E-state index is 0.305. The molecule has 0 saturated carbocycles. The van der Waals surface area contributed by atoms with Crippen LogP contribution in [-0.4, -0.2) is 26.2 Å². The van der Waals surface area contributed by atoms with Crippen LogP contribution in [0.2, 0.25) is 0 Å². The lowest BCUT2D eigenvalue weighted by Crippen LogP contribution is -2.10. The SMILES string of the molecule is CCn1ncc(C)c1CNc1cnn(CCF)c1C. The van der Waals surface area contributed by atoms with Gasteiger partial charge in [-0.15, -0.1) is 0 Å². The number of halogens is 1. The maximum absolute atomic E-state index is 12.3. The normalized spacial score (nSPS) is 10.9. The Bertz CT molecular complexity index is 543. The van der Waals surface area contributed by atoms with Gasteiger partial charge in [0.25, 0.3) is 0 Å². The average Bonchev–Trinajstić information content (AvgIpc) is 2.93. The van der Waals surface area contributed by atoms with Crippen LogP contribution in [0.3, 0.4) is 0 Å². The van der Waals surface area contributed by atoms with Gasteiger partial charge in [-0.3, -0.25) is 9.36 Å². The molecule has 0 aliphatic rings. The van der Waals surface area contributed by atoms with Crippen LogP contribution in [0.5, 0.6) is 0 Å². The van der Waals surface area contributed by atoms with Crippen LogP contribution >= 0.6 is 0 Å². The van der Waals surface area contributed by atoms with Gasteiger partial charge >= 0.3 is 0 Å². The summed E-state index contributed by atoms with van der Waals surface area (Å²) in [5.41, 5.74) is 4.23. The van der Waals surface area contributed by atoms with E-state index >= 15 is 0 Å². The number of hydrogen-bond donors (Lipinski definition) is 1. The summed E-state index contributed by atoms with van der Waals surface area (Å²) >= 11 is 0. The fourth-order valence-corrected chi connectivity index (χ4v) is 2.11. The van der Waals surface area contributed by atoms with E-state index < -0.39 is 6.67 Å². The zero-order valence-corrected chi connectivity index (χ0v) is 11.6. The van der Waals surface area contributed by atoms with E-state index in [0.29, 0.717) is 13.1 Å². The lowest BCUT2D eigenvalue weighted by molar-refractivity contribution is 0.423. The first-order valence-corrected chi connectivity index (χ1v) is 6.50. The summed E-state index contributed by atoms with van der Waals surface area (Å²) in [5, 5.41) is 11.8. The van der Waals surface area contributed by atoms with Crippen molar-refractivity contribution in [3.63, 3.8) is 0 Å². The van der Waals surface area contributed by atoms with Crippen LogP contribution in [0.25, 0.3) is 0 Å². The lowest BCUT2D eigenvalue weighted by Gasteiger charge is -2.09. The maximum atomic E-state index is 12.3. The third-order valence-corrected chi connectivity index (χ3v) is 3.30. The number of alkyl halides is 1. The predicted molar refractivity (Wildman–Crippen MR) is 72.9 cm³/mol. The number of rotatable bonds is 6. The van der Waals surface area contributed by atoms with E-state index in [2.05, 4.69) is 29.4 Å². The Morgan fingerprint density at radius 1 is 1.21 bits per heavy atom. The molecule has 1 N–H and O–H groups in total. The first kappa shape index (κ1) is 13.6. The summed E-state index contributed by atoms with van der Waals surface area (Å²) in [7, 11) is 0. The fourth-order valence-electron chi connectivity index (χ4n) is 2.11. The summed E-state index contributed by atoms with van der Waals surface area (Å²) in [4.78, 5) is 0. The number of nitrogens with one attached hydrogen (secondary N) is 1. The van der Waals surface area contributed by atoms with Gasteiger partial charge in [0.15, 0.2) is 0 Å². The third-order valence-electron chi connectivity index (χ3n) is 3.30. The molecule has 0 fully saturated rings. The molecule has 6 heteroatoms. The van der Waals surface area contributed by atoms with Crippen molar-refractivity contribution in [1.82, 2.24) is 19.6 Å². The maximum Gasteiger partial charge on any atom is 0.109 e. The van der Waals surface area contributed by atoms with E-state index in [4.69, 9.17) is 0 Å². The molecule has 0 amide bonds. The van der Waals surface area contributed by atoms with E-state index in [-0.39, 0.29) is 0 Å². The van der Waals surface area contributed by atoms with Crippen LogP contribution in [0.4, 0.5) is 10.1 Å².